The smallest absolute Gasteiger partial charge is 0.0169 e. The second-order valence-electron chi connectivity index (χ2n) is 2.56. The van der Waals surface area contributed by atoms with E-state index in [1.54, 1.807) is 0 Å². The average Bonchev–Trinajstić information content (AvgIpc) is 2.13. The SMILES string of the molecule is CS[C@H]1CCCCNC1. The Balaban J connectivity index is 2.18. The first-order valence-corrected chi connectivity index (χ1v) is 4.96. The Labute approximate surface area is 61.6 Å². The molecule has 1 saturated heterocycles. The molecule has 0 saturated carbocycles. The third kappa shape index (κ3) is 2.59. The van der Waals surface area contributed by atoms with Crippen molar-refractivity contribution in [2.45, 2.75) is 24.5 Å². The summed E-state index contributed by atoms with van der Waals surface area (Å²) in [6, 6.07) is 0. The van der Waals surface area contributed by atoms with Gasteiger partial charge in [0, 0.05) is 11.8 Å². The van der Waals surface area contributed by atoms with Crippen LogP contribution in [0.2, 0.25) is 0 Å². The summed E-state index contributed by atoms with van der Waals surface area (Å²) in [6.07, 6.45) is 6.40. The van der Waals surface area contributed by atoms with Crippen LogP contribution in [0.1, 0.15) is 19.3 Å². The summed E-state index contributed by atoms with van der Waals surface area (Å²) in [5.41, 5.74) is 0. The van der Waals surface area contributed by atoms with Crippen molar-refractivity contribution >= 4 is 11.8 Å². The summed E-state index contributed by atoms with van der Waals surface area (Å²) in [7, 11) is 0. The molecular weight excluding hydrogens is 130 g/mol. The molecule has 1 fully saturated rings. The minimum atomic E-state index is 0.882. The summed E-state index contributed by atoms with van der Waals surface area (Å²) in [5, 5.41) is 4.31. The molecule has 1 rings (SSSR count). The fourth-order valence-corrected chi connectivity index (χ4v) is 1.88. The Bertz CT molecular complexity index is 67.3. The van der Waals surface area contributed by atoms with Crippen LogP contribution >= 0.6 is 11.8 Å². The van der Waals surface area contributed by atoms with Crippen LogP contribution < -0.4 is 5.32 Å². The van der Waals surface area contributed by atoms with Crippen molar-refractivity contribution in [2.24, 2.45) is 0 Å². The Morgan fingerprint density at radius 3 is 3.11 bits per heavy atom. The van der Waals surface area contributed by atoms with Gasteiger partial charge in [-0.15, -0.1) is 0 Å². The van der Waals surface area contributed by atoms with Crippen molar-refractivity contribution in [1.82, 2.24) is 5.32 Å². The zero-order chi connectivity index (χ0) is 6.53. The maximum absolute atomic E-state index is 3.43. The Kier molecular flexibility index (Phi) is 3.44. The third-order valence-corrected chi connectivity index (χ3v) is 2.90. The minimum Gasteiger partial charge on any atom is -0.316 e. The minimum absolute atomic E-state index is 0.882. The molecule has 1 aliphatic heterocycles. The van der Waals surface area contributed by atoms with E-state index >= 15 is 0 Å². The van der Waals surface area contributed by atoms with Crippen LogP contribution in [0, 0.1) is 0 Å². The molecule has 2 heteroatoms. The fourth-order valence-electron chi connectivity index (χ4n) is 1.19. The Hall–Kier alpha value is 0.310. The van der Waals surface area contributed by atoms with E-state index in [9.17, 15) is 0 Å². The standard InChI is InChI=1S/C7H15NS/c1-9-7-4-2-3-5-8-6-7/h7-8H,2-6H2,1H3/t7-/m0/s1. The lowest BCUT2D eigenvalue weighted by Gasteiger charge is -2.08. The molecule has 0 amide bonds. The Morgan fingerprint density at radius 2 is 2.33 bits per heavy atom. The highest BCUT2D eigenvalue weighted by Crippen LogP contribution is 2.15. The van der Waals surface area contributed by atoms with Gasteiger partial charge in [0.1, 0.15) is 0 Å². The van der Waals surface area contributed by atoms with Gasteiger partial charge in [-0.1, -0.05) is 6.42 Å². The van der Waals surface area contributed by atoms with Crippen LogP contribution in [0.3, 0.4) is 0 Å². The summed E-state index contributed by atoms with van der Waals surface area (Å²) in [5.74, 6) is 0. The predicted octanol–water partition coefficient (Wildman–Crippen LogP) is 1.49. The predicted molar refractivity (Wildman–Crippen MR) is 44.0 cm³/mol. The molecule has 1 atom stereocenters. The number of nitrogens with one attached hydrogen (secondary N) is 1. The van der Waals surface area contributed by atoms with Gasteiger partial charge in [-0.25, -0.2) is 0 Å². The van der Waals surface area contributed by atoms with Gasteiger partial charge >= 0.3 is 0 Å². The quantitative estimate of drug-likeness (QED) is 0.600. The summed E-state index contributed by atoms with van der Waals surface area (Å²) in [6.45, 7) is 2.46. The first-order chi connectivity index (χ1) is 4.43. The van der Waals surface area contributed by atoms with E-state index in [2.05, 4.69) is 11.6 Å². The van der Waals surface area contributed by atoms with Crippen molar-refractivity contribution in [1.29, 1.82) is 0 Å². The van der Waals surface area contributed by atoms with Gasteiger partial charge in [-0.3, -0.25) is 0 Å². The fraction of sp³-hybridized carbons (Fsp3) is 1.00. The van der Waals surface area contributed by atoms with Gasteiger partial charge in [0.2, 0.25) is 0 Å². The van der Waals surface area contributed by atoms with Crippen molar-refractivity contribution in [3.63, 3.8) is 0 Å². The van der Waals surface area contributed by atoms with Gasteiger partial charge in [0.15, 0.2) is 0 Å². The maximum Gasteiger partial charge on any atom is 0.0169 e. The van der Waals surface area contributed by atoms with E-state index < -0.39 is 0 Å². The topological polar surface area (TPSA) is 12.0 Å². The van der Waals surface area contributed by atoms with Crippen molar-refractivity contribution in [2.75, 3.05) is 19.3 Å². The molecule has 1 nitrogen and oxygen atoms in total. The van der Waals surface area contributed by atoms with Crippen LogP contribution in [0.25, 0.3) is 0 Å². The second kappa shape index (κ2) is 4.18. The van der Waals surface area contributed by atoms with E-state index in [1.165, 1.54) is 32.4 Å². The zero-order valence-corrected chi connectivity index (χ0v) is 6.84. The lowest BCUT2D eigenvalue weighted by molar-refractivity contribution is 0.706. The summed E-state index contributed by atoms with van der Waals surface area (Å²) < 4.78 is 0. The highest BCUT2D eigenvalue weighted by Gasteiger charge is 2.08. The highest BCUT2D eigenvalue weighted by molar-refractivity contribution is 7.99. The van der Waals surface area contributed by atoms with E-state index in [1.807, 2.05) is 11.8 Å². The number of hydrogen-bond acceptors (Lipinski definition) is 2. The molecule has 0 radical (unpaired) electrons. The molecule has 9 heavy (non-hydrogen) atoms. The van der Waals surface area contributed by atoms with Gasteiger partial charge < -0.3 is 5.32 Å². The van der Waals surface area contributed by atoms with Crippen molar-refractivity contribution in [3.05, 3.63) is 0 Å². The lowest BCUT2D eigenvalue weighted by Crippen LogP contribution is -2.21. The molecule has 0 aliphatic carbocycles. The van der Waals surface area contributed by atoms with Crippen LogP contribution in [-0.2, 0) is 0 Å². The summed E-state index contributed by atoms with van der Waals surface area (Å²) in [4.78, 5) is 0. The monoisotopic (exact) mass is 145 g/mol. The Morgan fingerprint density at radius 1 is 1.44 bits per heavy atom. The molecule has 1 aliphatic rings. The van der Waals surface area contributed by atoms with Crippen LogP contribution in [0.5, 0.6) is 0 Å². The molecule has 0 spiro atoms. The molecule has 0 aromatic heterocycles. The van der Waals surface area contributed by atoms with E-state index in [-0.39, 0.29) is 0 Å². The largest absolute Gasteiger partial charge is 0.316 e. The number of hydrogen-bond donors (Lipinski definition) is 1. The second-order valence-corrected chi connectivity index (χ2v) is 3.70. The average molecular weight is 145 g/mol. The first-order valence-electron chi connectivity index (χ1n) is 3.67. The van der Waals surface area contributed by atoms with Crippen LogP contribution in [0.4, 0.5) is 0 Å². The van der Waals surface area contributed by atoms with E-state index in [0.29, 0.717) is 0 Å². The molecule has 1 heterocycles. The van der Waals surface area contributed by atoms with Crippen molar-refractivity contribution in [3.8, 4) is 0 Å². The maximum atomic E-state index is 3.43. The molecular formula is C7H15NS. The molecule has 0 unspecified atom stereocenters. The van der Waals surface area contributed by atoms with E-state index in [0.717, 1.165) is 5.25 Å². The van der Waals surface area contributed by atoms with E-state index in [4.69, 9.17) is 0 Å². The van der Waals surface area contributed by atoms with Crippen LogP contribution in [0.15, 0.2) is 0 Å². The molecule has 54 valence electrons. The summed E-state index contributed by atoms with van der Waals surface area (Å²) >= 11 is 2.00. The molecule has 1 N–H and O–H groups in total. The highest BCUT2D eigenvalue weighted by atomic mass is 32.2. The van der Waals surface area contributed by atoms with Crippen LogP contribution in [-0.4, -0.2) is 24.6 Å². The molecule has 0 aromatic carbocycles. The van der Waals surface area contributed by atoms with Gasteiger partial charge in [0.05, 0.1) is 0 Å². The van der Waals surface area contributed by atoms with Gasteiger partial charge in [0.25, 0.3) is 0 Å². The van der Waals surface area contributed by atoms with Crippen molar-refractivity contribution < 1.29 is 0 Å². The normalized spacial score (nSPS) is 29.7. The molecule has 0 bridgehead atoms. The third-order valence-electron chi connectivity index (χ3n) is 1.83. The number of rotatable bonds is 1. The lowest BCUT2D eigenvalue weighted by atomic mass is 10.2. The molecule has 0 aromatic rings. The first kappa shape index (κ1) is 7.42. The van der Waals surface area contributed by atoms with Gasteiger partial charge in [-0.05, 0) is 25.6 Å². The number of thioether (sulfide) groups is 1. The zero-order valence-electron chi connectivity index (χ0n) is 6.02. The van der Waals surface area contributed by atoms with Gasteiger partial charge in [-0.2, -0.15) is 11.8 Å².